The number of hydrogen-bond donors (Lipinski definition) is 2. The van der Waals surface area contributed by atoms with Crippen LogP contribution in [0, 0.1) is 10.1 Å². The summed E-state index contributed by atoms with van der Waals surface area (Å²) in [6, 6.07) is 11.0. The number of nitrogens with one attached hydrogen (secondary N) is 1. The number of nitro groups is 1. The topological polar surface area (TPSA) is 145 Å². The number of primary amides is 1. The molecule has 1 fully saturated rings. The highest BCUT2D eigenvalue weighted by Gasteiger charge is 2.30. The van der Waals surface area contributed by atoms with Gasteiger partial charge in [-0.25, -0.2) is 8.42 Å². The number of amides is 1. The van der Waals surface area contributed by atoms with Gasteiger partial charge in [-0.15, -0.1) is 0 Å². The molecule has 2 aromatic rings. The molecule has 0 aliphatic carbocycles. The first-order valence-electron chi connectivity index (χ1n) is 8.78. The molecule has 3 N–H and O–H groups in total. The Morgan fingerprint density at radius 1 is 1.17 bits per heavy atom. The molecule has 0 radical (unpaired) electrons. The van der Waals surface area contributed by atoms with Gasteiger partial charge in [0.15, 0.2) is 0 Å². The highest BCUT2D eigenvalue weighted by atomic mass is 32.2. The third-order valence-electron chi connectivity index (χ3n) is 4.49. The second kappa shape index (κ2) is 8.55. The zero-order valence-corrected chi connectivity index (χ0v) is 16.2. The summed E-state index contributed by atoms with van der Waals surface area (Å²) in [5.74, 6) is -0.726. The van der Waals surface area contributed by atoms with Crippen molar-refractivity contribution in [3.05, 3.63) is 64.2 Å². The van der Waals surface area contributed by atoms with Crippen LogP contribution in [-0.2, 0) is 19.6 Å². The van der Waals surface area contributed by atoms with Gasteiger partial charge in [-0.05, 0) is 17.7 Å². The first kappa shape index (κ1) is 20.7. The van der Waals surface area contributed by atoms with Gasteiger partial charge in [0.25, 0.3) is 5.69 Å². The summed E-state index contributed by atoms with van der Waals surface area (Å²) >= 11 is 0. The van der Waals surface area contributed by atoms with Gasteiger partial charge in [0.1, 0.15) is 11.7 Å². The molecule has 1 heterocycles. The van der Waals surface area contributed by atoms with Crippen LogP contribution < -0.4 is 11.1 Å². The Bertz CT molecular complexity index is 1010. The summed E-state index contributed by atoms with van der Waals surface area (Å²) in [5.41, 5.74) is 5.50. The molecule has 1 aliphatic rings. The Labute approximate surface area is 167 Å². The number of carbonyl (C=O) groups excluding carboxylic acids is 1. The molecule has 154 valence electrons. The minimum Gasteiger partial charge on any atom is -0.379 e. The van der Waals surface area contributed by atoms with Gasteiger partial charge in [-0.3, -0.25) is 14.9 Å². The standard InChI is InChI=1S/C18H20N4O6S/c19-18(23)17(13-4-2-1-3-5-13)20-15-7-6-14(12-16(15)22(24)25)29(26,27)21-8-10-28-11-9-21/h1-7,12,17,20H,8-11H2,(H2,19,23). The molecule has 0 bridgehead atoms. The summed E-state index contributed by atoms with van der Waals surface area (Å²) in [6.07, 6.45) is 0. The molecule has 0 saturated carbocycles. The third kappa shape index (κ3) is 4.53. The van der Waals surface area contributed by atoms with E-state index in [1.807, 2.05) is 0 Å². The Hall–Kier alpha value is -3.02. The smallest absolute Gasteiger partial charge is 0.293 e. The summed E-state index contributed by atoms with van der Waals surface area (Å²) in [5, 5.41) is 14.3. The number of rotatable bonds is 7. The van der Waals surface area contributed by atoms with Gasteiger partial charge in [0.2, 0.25) is 15.9 Å². The summed E-state index contributed by atoms with van der Waals surface area (Å²) in [4.78, 5) is 22.6. The van der Waals surface area contributed by atoms with E-state index in [0.717, 1.165) is 6.07 Å². The highest BCUT2D eigenvalue weighted by Crippen LogP contribution is 2.32. The molecule has 1 aliphatic heterocycles. The van der Waals surface area contributed by atoms with Crippen molar-refractivity contribution in [2.45, 2.75) is 10.9 Å². The van der Waals surface area contributed by atoms with Gasteiger partial charge in [-0.2, -0.15) is 4.31 Å². The van der Waals surface area contributed by atoms with Crippen molar-refractivity contribution in [2.24, 2.45) is 5.73 Å². The first-order chi connectivity index (χ1) is 13.8. The molecule has 10 nitrogen and oxygen atoms in total. The number of sulfonamides is 1. The number of benzene rings is 2. The number of carbonyl (C=O) groups is 1. The minimum atomic E-state index is -3.90. The molecule has 0 aromatic heterocycles. The average Bonchev–Trinajstić information content (AvgIpc) is 2.72. The predicted octanol–water partition coefficient (Wildman–Crippen LogP) is 1.25. The lowest BCUT2D eigenvalue weighted by molar-refractivity contribution is -0.384. The summed E-state index contributed by atoms with van der Waals surface area (Å²) < 4.78 is 31.9. The second-order valence-electron chi connectivity index (χ2n) is 6.34. The number of anilines is 1. The predicted molar refractivity (Wildman–Crippen MR) is 105 cm³/mol. The largest absolute Gasteiger partial charge is 0.379 e. The molecular weight excluding hydrogens is 400 g/mol. The molecule has 1 amide bonds. The molecule has 11 heteroatoms. The van der Waals surface area contributed by atoms with Gasteiger partial charge >= 0.3 is 0 Å². The number of hydrogen-bond acceptors (Lipinski definition) is 7. The van der Waals surface area contributed by atoms with Crippen LogP contribution in [0.3, 0.4) is 0 Å². The fraction of sp³-hybridized carbons (Fsp3) is 0.278. The minimum absolute atomic E-state index is 0.0106. The van der Waals surface area contributed by atoms with Gasteiger partial charge in [0.05, 0.1) is 23.0 Å². The van der Waals surface area contributed by atoms with E-state index in [1.54, 1.807) is 30.3 Å². The van der Waals surface area contributed by atoms with Crippen LogP contribution >= 0.6 is 0 Å². The number of morpholine rings is 1. The molecule has 29 heavy (non-hydrogen) atoms. The van der Waals surface area contributed by atoms with Crippen LogP contribution in [0.5, 0.6) is 0 Å². The van der Waals surface area contributed by atoms with Gasteiger partial charge in [-0.1, -0.05) is 30.3 Å². The number of ether oxygens (including phenoxy) is 1. The Morgan fingerprint density at radius 2 is 1.83 bits per heavy atom. The maximum absolute atomic E-state index is 12.8. The van der Waals surface area contributed by atoms with E-state index >= 15 is 0 Å². The highest BCUT2D eigenvalue weighted by molar-refractivity contribution is 7.89. The van der Waals surface area contributed by atoms with Crippen molar-refractivity contribution in [3.8, 4) is 0 Å². The Kier molecular flexibility index (Phi) is 6.11. The fourth-order valence-electron chi connectivity index (χ4n) is 3.00. The van der Waals surface area contributed by atoms with Crippen LogP contribution in [0.2, 0.25) is 0 Å². The van der Waals surface area contributed by atoms with E-state index in [-0.39, 0.29) is 36.9 Å². The second-order valence-corrected chi connectivity index (χ2v) is 8.28. The lowest BCUT2D eigenvalue weighted by Gasteiger charge is -2.26. The molecule has 1 saturated heterocycles. The van der Waals surface area contributed by atoms with Crippen molar-refractivity contribution in [1.29, 1.82) is 0 Å². The molecule has 0 spiro atoms. The van der Waals surface area contributed by atoms with E-state index in [0.29, 0.717) is 5.56 Å². The van der Waals surface area contributed by atoms with Crippen molar-refractivity contribution >= 4 is 27.3 Å². The van der Waals surface area contributed by atoms with Gasteiger partial charge in [0, 0.05) is 19.2 Å². The zero-order valence-electron chi connectivity index (χ0n) is 15.4. The van der Waals surface area contributed by atoms with Crippen LogP contribution in [0.25, 0.3) is 0 Å². The lowest BCUT2D eigenvalue weighted by atomic mass is 10.1. The number of nitrogens with two attached hydrogens (primary N) is 1. The van der Waals surface area contributed by atoms with Crippen LogP contribution in [-0.4, -0.2) is 49.9 Å². The quantitative estimate of drug-likeness (QED) is 0.506. The molecular formula is C18H20N4O6S. The van der Waals surface area contributed by atoms with Crippen molar-refractivity contribution in [2.75, 3.05) is 31.6 Å². The molecule has 1 unspecified atom stereocenters. The monoisotopic (exact) mass is 420 g/mol. The van der Waals surface area contributed by atoms with E-state index < -0.39 is 32.6 Å². The summed E-state index contributed by atoms with van der Waals surface area (Å²) in [7, 11) is -3.90. The van der Waals surface area contributed by atoms with E-state index in [2.05, 4.69) is 5.32 Å². The maximum atomic E-state index is 12.8. The van der Waals surface area contributed by atoms with Crippen molar-refractivity contribution in [3.63, 3.8) is 0 Å². The maximum Gasteiger partial charge on any atom is 0.293 e. The average molecular weight is 420 g/mol. The van der Waals surface area contributed by atoms with Crippen molar-refractivity contribution in [1.82, 2.24) is 4.31 Å². The van der Waals surface area contributed by atoms with E-state index in [9.17, 15) is 23.3 Å². The van der Waals surface area contributed by atoms with E-state index in [1.165, 1.54) is 16.4 Å². The van der Waals surface area contributed by atoms with Crippen LogP contribution in [0.1, 0.15) is 11.6 Å². The van der Waals surface area contributed by atoms with Gasteiger partial charge < -0.3 is 15.8 Å². The first-order valence-corrected chi connectivity index (χ1v) is 10.2. The Balaban J connectivity index is 1.96. The number of nitro benzene ring substituents is 1. The fourth-order valence-corrected chi connectivity index (χ4v) is 4.43. The molecule has 3 rings (SSSR count). The van der Waals surface area contributed by atoms with Crippen LogP contribution in [0.15, 0.2) is 53.4 Å². The van der Waals surface area contributed by atoms with E-state index in [4.69, 9.17) is 10.5 Å². The third-order valence-corrected chi connectivity index (χ3v) is 6.39. The van der Waals surface area contributed by atoms with Crippen LogP contribution in [0.4, 0.5) is 11.4 Å². The zero-order chi connectivity index (χ0) is 21.0. The normalized spacial score (nSPS) is 16.1. The number of nitrogens with zero attached hydrogens (tertiary/aromatic N) is 2. The lowest BCUT2D eigenvalue weighted by Crippen LogP contribution is -2.40. The molecule has 2 aromatic carbocycles. The SMILES string of the molecule is NC(=O)C(Nc1ccc(S(=O)(=O)N2CCOCC2)cc1[N+](=O)[O-])c1ccccc1. The Morgan fingerprint density at radius 3 is 2.41 bits per heavy atom. The molecule has 1 atom stereocenters. The van der Waals surface area contributed by atoms with Crippen molar-refractivity contribution < 1.29 is 22.9 Å². The summed E-state index contributed by atoms with van der Waals surface area (Å²) in [6.45, 7) is 0.873.